The molecule has 20 aromatic carbocycles. The van der Waals surface area contributed by atoms with E-state index < -0.39 is 0 Å². The van der Waals surface area contributed by atoms with Crippen LogP contribution in [0.15, 0.2) is 461 Å². The highest BCUT2D eigenvalue weighted by atomic mass is 32.1. The Balaban J connectivity index is 0.000000143. The van der Waals surface area contributed by atoms with E-state index in [-0.39, 0.29) is 0 Å². The Morgan fingerprint density at radius 2 is 0.366 bits per heavy atom. The zero-order valence-electron chi connectivity index (χ0n) is 72.3. The van der Waals surface area contributed by atoms with Gasteiger partial charge in [0.25, 0.3) is 0 Å². The molecule has 0 spiro atoms. The molecule has 0 saturated heterocycles. The van der Waals surface area contributed by atoms with Crippen LogP contribution in [-0.4, -0.2) is 39.9 Å². The van der Waals surface area contributed by atoms with E-state index in [0.29, 0.717) is 34.9 Å². The van der Waals surface area contributed by atoms with Crippen LogP contribution < -0.4 is 0 Å². The summed E-state index contributed by atoms with van der Waals surface area (Å²) in [4.78, 5) is 43.2. The minimum atomic E-state index is 0.624. The van der Waals surface area contributed by atoms with Crippen molar-refractivity contribution in [1.29, 1.82) is 0 Å². The Morgan fingerprint density at radius 3 is 0.716 bits per heavy atom. The van der Waals surface area contributed by atoms with Crippen LogP contribution in [0.5, 0.6) is 0 Å². The van der Waals surface area contributed by atoms with E-state index in [1.165, 1.54) is 111 Å². The van der Waals surface area contributed by atoms with E-state index in [2.05, 4.69) is 340 Å². The van der Waals surface area contributed by atoms with Crippen LogP contribution in [0.2, 0.25) is 0 Å². The molecule has 6 aromatic heterocycles. The van der Waals surface area contributed by atoms with E-state index in [4.69, 9.17) is 39.9 Å². The summed E-state index contributed by atoms with van der Waals surface area (Å²) in [6.45, 7) is 0. The zero-order valence-corrected chi connectivity index (χ0v) is 73.9. The fourth-order valence-corrected chi connectivity index (χ4v) is 22.2. The van der Waals surface area contributed by atoms with Crippen molar-refractivity contribution in [1.82, 2.24) is 39.9 Å². The second-order valence-electron chi connectivity index (χ2n) is 33.8. The van der Waals surface area contributed by atoms with Crippen LogP contribution >= 0.6 is 22.7 Å². The maximum Gasteiger partial charge on any atom is 0.164 e. The van der Waals surface area contributed by atoms with Crippen LogP contribution in [0, 0.1) is 0 Å². The van der Waals surface area contributed by atoms with Gasteiger partial charge in [0.2, 0.25) is 0 Å². The molecule has 26 rings (SSSR count). The maximum atomic E-state index is 5.46. The van der Waals surface area contributed by atoms with E-state index in [1.54, 1.807) is 0 Å². The smallest absolute Gasteiger partial charge is 0.164 e. The third-order valence-electron chi connectivity index (χ3n) is 25.8. The summed E-state index contributed by atoms with van der Waals surface area (Å²) in [6.07, 6.45) is 0. The van der Waals surface area contributed by atoms with Crippen LogP contribution in [-0.2, 0) is 0 Å². The zero-order chi connectivity index (χ0) is 88.5. The number of para-hydroxylation sites is 2. The van der Waals surface area contributed by atoms with Crippen molar-refractivity contribution in [2.24, 2.45) is 0 Å². The number of nitrogens with zero attached hydrogens (tertiary/aromatic N) is 8. The van der Waals surface area contributed by atoms with E-state index in [0.717, 1.165) is 116 Å². The number of aromatic nitrogens is 8. The van der Waals surface area contributed by atoms with Crippen molar-refractivity contribution < 1.29 is 0 Å². The fourth-order valence-electron chi connectivity index (χ4n) is 19.4. The van der Waals surface area contributed by atoms with Gasteiger partial charge in [0.15, 0.2) is 34.9 Å². The SMILES string of the molecule is c1ccc(-c2nc(-c3ccccc3)nc(-c3ccc(-c4ccc(-c5c(-c6ccc7c8ccccc8c8ccccc8c7c6)sc6c5c(-c5ccccc5)nc5ccccc56)cc4)cc3)n2)cc1.c1ccc(-c2nc(-c3ccccc3)nc(-c3cccc(-c4cccc(-c5c(-c6ccc7c8ccccc8c8ccccc8c7c6)sc6c5c(-c5ccccc5)nc5ccccc56)c4)c3)n2)cc1. The van der Waals surface area contributed by atoms with Gasteiger partial charge in [0, 0.05) is 96.3 Å². The lowest BCUT2D eigenvalue weighted by Crippen LogP contribution is -2.00. The van der Waals surface area contributed by atoms with Gasteiger partial charge < -0.3 is 0 Å². The summed E-state index contributed by atoms with van der Waals surface area (Å²) >= 11 is 3.74. The molecular formula is C124H76N8S2. The lowest BCUT2D eigenvalue weighted by Gasteiger charge is -2.14. The molecule has 0 radical (unpaired) electrons. The van der Waals surface area contributed by atoms with Crippen LogP contribution in [0.4, 0.5) is 0 Å². The molecule has 8 nitrogen and oxygen atoms in total. The number of hydrogen-bond acceptors (Lipinski definition) is 10. The molecule has 0 aliphatic heterocycles. The number of thiophene rings is 2. The van der Waals surface area contributed by atoms with Crippen LogP contribution in [0.25, 0.3) is 263 Å². The van der Waals surface area contributed by atoms with Gasteiger partial charge >= 0.3 is 0 Å². The number of pyridine rings is 2. The third-order valence-corrected chi connectivity index (χ3v) is 28.4. The van der Waals surface area contributed by atoms with E-state index >= 15 is 0 Å². The second kappa shape index (κ2) is 33.7. The molecule has 0 atom stereocenters. The predicted octanol–water partition coefficient (Wildman–Crippen LogP) is 33.5. The van der Waals surface area contributed by atoms with Gasteiger partial charge in [-0.05, 0) is 146 Å². The molecule has 10 heteroatoms. The first-order valence-corrected chi connectivity index (χ1v) is 46.7. The maximum absolute atomic E-state index is 5.46. The second-order valence-corrected chi connectivity index (χ2v) is 35.8. The minimum Gasteiger partial charge on any atom is -0.247 e. The average Bonchev–Trinajstić information content (AvgIpc) is 1.49. The van der Waals surface area contributed by atoms with Gasteiger partial charge in [-0.15, -0.1) is 22.7 Å². The summed E-state index contributed by atoms with van der Waals surface area (Å²) in [5, 5.41) is 19.8. The monoisotopic (exact) mass is 1740 g/mol. The van der Waals surface area contributed by atoms with Crippen molar-refractivity contribution in [3.05, 3.63) is 461 Å². The molecule has 0 unspecified atom stereocenters. The molecule has 26 aromatic rings. The third kappa shape index (κ3) is 14.2. The largest absolute Gasteiger partial charge is 0.247 e. The molecular weight excluding hydrogens is 1670 g/mol. The van der Waals surface area contributed by atoms with Gasteiger partial charge in [0.05, 0.1) is 22.4 Å². The molecule has 134 heavy (non-hydrogen) atoms. The van der Waals surface area contributed by atoms with Crippen molar-refractivity contribution in [2.75, 3.05) is 0 Å². The quantitative estimate of drug-likeness (QED) is 0.0992. The first kappa shape index (κ1) is 78.9. The Labute approximate surface area is 780 Å². The van der Waals surface area contributed by atoms with Crippen molar-refractivity contribution in [3.8, 4) is 156 Å². The van der Waals surface area contributed by atoms with E-state index in [9.17, 15) is 0 Å². The first-order chi connectivity index (χ1) is 66.4. The molecule has 0 aliphatic carbocycles. The Bertz CT molecular complexity index is 8900. The summed E-state index contributed by atoms with van der Waals surface area (Å²) in [7, 11) is 0. The van der Waals surface area contributed by atoms with Gasteiger partial charge in [-0.25, -0.2) is 39.9 Å². The highest BCUT2D eigenvalue weighted by Crippen LogP contribution is 2.55. The molecule has 0 fully saturated rings. The van der Waals surface area contributed by atoms with Crippen molar-refractivity contribution >= 4 is 129 Å². The number of benzene rings is 20. The molecule has 0 bridgehead atoms. The molecule has 0 saturated carbocycles. The van der Waals surface area contributed by atoms with Crippen LogP contribution in [0.1, 0.15) is 0 Å². The summed E-state index contributed by atoms with van der Waals surface area (Å²) < 4.78 is 2.46. The van der Waals surface area contributed by atoms with Gasteiger partial charge in [-0.1, -0.05) is 425 Å². The molecule has 0 amide bonds. The normalized spacial score (nSPS) is 11.6. The highest BCUT2D eigenvalue weighted by Gasteiger charge is 2.28. The van der Waals surface area contributed by atoms with E-state index in [1.807, 2.05) is 144 Å². The van der Waals surface area contributed by atoms with Crippen LogP contribution in [0.3, 0.4) is 0 Å². The molecule has 624 valence electrons. The number of hydrogen-bond donors (Lipinski definition) is 0. The molecule has 6 heterocycles. The fraction of sp³-hybridized carbons (Fsp3) is 0. The summed E-state index contributed by atoms with van der Waals surface area (Å²) in [5.74, 6) is 3.83. The Kier molecular flexibility index (Phi) is 19.8. The first-order valence-electron chi connectivity index (χ1n) is 45.1. The van der Waals surface area contributed by atoms with Crippen molar-refractivity contribution in [2.45, 2.75) is 0 Å². The summed E-state index contributed by atoms with van der Waals surface area (Å²) in [5.41, 5.74) is 23.2. The average molecular weight is 1740 g/mol. The lowest BCUT2D eigenvalue weighted by atomic mass is 9.90. The predicted molar refractivity (Wildman–Crippen MR) is 562 cm³/mol. The molecule has 0 N–H and O–H groups in total. The number of fused-ring (bicyclic) bond motifs is 18. The number of rotatable bonds is 14. The standard InChI is InChI=1S/2C62H38N4S/c1-4-18-39(19-5-1)57-56-55(44-26-16-24-42(36-44)43-25-17-27-46(37-43)62-65-60(40-20-6-2-7-21-40)64-61(66-62)41-22-8-3-9-23-41)58(67-59(56)52-32-14-15-33-54(52)63-57)45-34-35-51-49-30-11-10-28-47(49)48-29-12-13-31-50(48)53(51)38-45;1-4-16-42(17-5-1)57-56-55(41-32-28-39(29-33-41)40-30-34-45(35-31-40)62-65-60(43-18-6-2-7-19-43)64-61(66-62)44-20-8-3-9-21-44)58(67-59(56)52-26-14-15-27-54(52)63-57)46-36-37-51-49-24-11-10-22-47(49)48-23-12-13-25-50(48)53(51)38-46/h2*1-38H. The Hall–Kier alpha value is -17.3. The van der Waals surface area contributed by atoms with Crippen molar-refractivity contribution in [3.63, 3.8) is 0 Å². The highest BCUT2D eigenvalue weighted by molar-refractivity contribution is 7.24. The van der Waals surface area contributed by atoms with Gasteiger partial charge in [0.1, 0.15) is 0 Å². The Morgan fingerprint density at radius 1 is 0.134 bits per heavy atom. The minimum absolute atomic E-state index is 0.624. The molecule has 0 aliphatic rings. The summed E-state index contributed by atoms with van der Waals surface area (Å²) in [6, 6.07) is 163. The topological polar surface area (TPSA) is 103 Å². The lowest BCUT2D eigenvalue weighted by molar-refractivity contribution is 1.07. The van der Waals surface area contributed by atoms with Gasteiger partial charge in [-0.3, -0.25) is 0 Å². The van der Waals surface area contributed by atoms with Gasteiger partial charge in [-0.2, -0.15) is 0 Å².